The number of methoxy groups -OCH3 is 1. The average Bonchev–Trinajstić information content (AvgIpc) is 3.15. The smallest absolute Gasteiger partial charge is 0.225 e. The maximum atomic E-state index is 12.1. The number of ether oxygens (including phenoxy) is 2. The highest BCUT2D eigenvalue weighted by Gasteiger charge is 2.17. The zero-order valence-corrected chi connectivity index (χ0v) is 16.1. The summed E-state index contributed by atoms with van der Waals surface area (Å²) in [5.41, 5.74) is 1.90. The molecule has 1 saturated heterocycles. The van der Waals surface area contributed by atoms with Crippen molar-refractivity contribution in [1.29, 1.82) is 0 Å². The Balaban J connectivity index is 1.62. The first-order chi connectivity index (χ1) is 12.7. The number of carbonyl (C=O) groups excluding carboxylic acids is 1. The first kappa shape index (κ1) is 18.8. The lowest BCUT2D eigenvalue weighted by molar-refractivity contribution is -0.116. The van der Waals surface area contributed by atoms with E-state index in [4.69, 9.17) is 9.47 Å². The van der Waals surface area contributed by atoms with Gasteiger partial charge in [0, 0.05) is 44.0 Å². The van der Waals surface area contributed by atoms with Gasteiger partial charge in [0.05, 0.1) is 26.0 Å². The van der Waals surface area contributed by atoms with Gasteiger partial charge in [0.15, 0.2) is 5.13 Å². The number of thiazole rings is 1. The highest BCUT2D eigenvalue weighted by Crippen LogP contribution is 2.28. The highest BCUT2D eigenvalue weighted by atomic mass is 32.1. The Morgan fingerprint density at radius 2 is 2.04 bits per heavy atom. The van der Waals surface area contributed by atoms with E-state index >= 15 is 0 Å². The van der Waals surface area contributed by atoms with Gasteiger partial charge < -0.3 is 9.47 Å². The number of hydrogen-bond donors (Lipinski definition) is 0. The monoisotopic (exact) mass is 375 g/mol. The second kappa shape index (κ2) is 9.12. The Morgan fingerprint density at radius 3 is 2.69 bits per heavy atom. The fourth-order valence-electron chi connectivity index (χ4n) is 2.95. The SMILES string of the molecule is COc1ccc(-c2csc(N(CCCN3CCOCC3)C(C)=O)n2)cc1. The van der Waals surface area contributed by atoms with Crippen molar-refractivity contribution in [3.8, 4) is 17.0 Å². The van der Waals surface area contributed by atoms with E-state index in [2.05, 4.69) is 9.88 Å². The van der Waals surface area contributed by atoms with E-state index in [0.717, 1.165) is 61.4 Å². The molecule has 0 aliphatic carbocycles. The van der Waals surface area contributed by atoms with Crippen LogP contribution >= 0.6 is 11.3 Å². The van der Waals surface area contributed by atoms with Crippen LogP contribution in [-0.2, 0) is 9.53 Å². The van der Waals surface area contributed by atoms with Crippen molar-refractivity contribution in [1.82, 2.24) is 9.88 Å². The summed E-state index contributed by atoms with van der Waals surface area (Å²) >= 11 is 1.51. The highest BCUT2D eigenvalue weighted by molar-refractivity contribution is 7.14. The lowest BCUT2D eigenvalue weighted by Crippen LogP contribution is -2.38. The van der Waals surface area contributed by atoms with Crippen molar-refractivity contribution in [2.75, 3.05) is 51.4 Å². The Kier molecular flexibility index (Phi) is 6.60. The number of rotatable bonds is 7. The van der Waals surface area contributed by atoms with E-state index in [0.29, 0.717) is 6.54 Å². The zero-order valence-electron chi connectivity index (χ0n) is 15.3. The lowest BCUT2D eigenvalue weighted by Gasteiger charge is -2.27. The van der Waals surface area contributed by atoms with Crippen molar-refractivity contribution >= 4 is 22.4 Å². The van der Waals surface area contributed by atoms with E-state index in [1.54, 1.807) is 18.9 Å². The van der Waals surface area contributed by atoms with Gasteiger partial charge in [0.25, 0.3) is 0 Å². The molecule has 1 aromatic carbocycles. The topological polar surface area (TPSA) is 54.9 Å². The number of morpholine rings is 1. The second-order valence-corrected chi connectivity index (χ2v) is 7.06. The molecule has 3 rings (SSSR count). The number of aromatic nitrogens is 1. The Hall–Kier alpha value is -1.96. The molecule has 7 heteroatoms. The number of amides is 1. The molecule has 0 atom stereocenters. The van der Waals surface area contributed by atoms with Crippen LogP contribution < -0.4 is 9.64 Å². The predicted octanol–water partition coefficient (Wildman–Crippen LogP) is 2.89. The molecular weight excluding hydrogens is 350 g/mol. The van der Waals surface area contributed by atoms with Crippen LogP contribution in [-0.4, -0.2) is 62.3 Å². The normalized spacial score (nSPS) is 15.0. The molecular formula is C19H25N3O3S. The number of anilines is 1. The standard InChI is InChI=1S/C19H25N3O3S/c1-15(23)22(9-3-8-21-10-12-25-13-11-21)19-20-18(14-26-19)16-4-6-17(24-2)7-5-16/h4-7,14H,3,8-13H2,1-2H3. The Morgan fingerprint density at radius 1 is 1.31 bits per heavy atom. The van der Waals surface area contributed by atoms with Crippen molar-refractivity contribution < 1.29 is 14.3 Å². The summed E-state index contributed by atoms with van der Waals surface area (Å²) in [6, 6.07) is 7.79. The molecule has 1 amide bonds. The molecule has 2 heterocycles. The fraction of sp³-hybridized carbons (Fsp3) is 0.474. The first-order valence-corrected chi connectivity index (χ1v) is 9.73. The molecule has 6 nitrogen and oxygen atoms in total. The molecule has 1 fully saturated rings. The van der Waals surface area contributed by atoms with Gasteiger partial charge in [-0.25, -0.2) is 4.98 Å². The molecule has 140 valence electrons. The minimum atomic E-state index is 0.0302. The van der Waals surface area contributed by atoms with Gasteiger partial charge in [0.2, 0.25) is 5.91 Å². The molecule has 1 aliphatic heterocycles. The van der Waals surface area contributed by atoms with Crippen LogP contribution in [0, 0.1) is 0 Å². The van der Waals surface area contributed by atoms with Crippen LogP contribution in [0.2, 0.25) is 0 Å². The van der Waals surface area contributed by atoms with Crippen molar-refractivity contribution in [3.63, 3.8) is 0 Å². The lowest BCUT2D eigenvalue weighted by atomic mass is 10.2. The summed E-state index contributed by atoms with van der Waals surface area (Å²) < 4.78 is 10.6. The summed E-state index contributed by atoms with van der Waals surface area (Å²) in [5, 5.41) is 2.75. The van der Waals surface area contributed by atoms with Crippen LogP contribution in [0.1, 0.15) is 13.3 Å². The molecule has 0 N–H and O–H groups in total. The minimum Gasteiger partial charge on any atom is -0.497 e. The Labute approximate surface area is 158 Å². The summed E-state index contributed by atoms with van der Waals surface area (Å²) in [6.45, 7) is 6.80. The van der Waals surface area contributed by atoms with Gasteiger partial charge >= 0.3 is 0 Å². The number of carbonyl (C=O) groups is 1. The van der Waals surface area contributed by atoms with Crippen LogP contribution in [0.3, 0.4) is 0 Å². The summed E-state index contributed by atoms with van der Waals surface area (Å²) in [7, 11) is 1.65. The summed E-state index contributed by atoms with van der Waals surface area (Å²) in [4.78, 5) is 20.9. The fourth-order valence-corrected chi connectivity index (χ4v) is 3.85. The molecule has 1 aromatic heterocycles. The van der Waals surface area contributed by atoms with Crippen LogP contribution in [0.4, 0.5) is 5.13 Å². The molecule has 0 bridgehead atoms. The third-order valence-corrected chi connectivity index (χ3v) is 5.31. The molecule has 0 radical (unpaired) electrons. The molecule has 1 aliphatic rings. The molecule has 0 spiro atoms. The largest absolute Gasteiger partial charge is 0.497 e. The predicted molar refractivity (Wildman–Crippen MR) is 104 cm³/mol. The van der Waals surface area contributed by atoms with E-state index < -0.39 is 0 Å². The van der Waals surface area contributed by atoms with E-state index in [9.17, 15) is 4.79 Å². The van der Waals surface area contributed by atoms with Crippen molar-refractivity contribution in [2.24, 2.45) is 0 Å². The third-order valence-electron chi connectivity index (χ3n) is 4.45. The number of benzene rings is 1. The molecule has 26 heavy (non-hydrogen) atoms. The summed E-state index contributed by atoms with van der Waals surface area (Å²) in [5.74, 6) is 0.847. The van der Waals surface area contributed by atoms with Crippen molar-refractivity contribution in [3.05, 3.63) is 29.6 Å². The average molecular weight is 375 g/mol. The van der Waals surface area contributed by atoms with Crippen LogP contribution in [0.5, 0.6) is 5.75 Å². The minimum absolute atomic E-state index is 0.0302. The van der Waals surface area contributed by atoms with E-state index in [-0.39, 0.29) is 5.91 Å². The second-order valence-electron chi connectivity index (χ2n) is 6.22. The van der Waals surface area contributed by atoms with E-state index in [1.807, 2.05) is 29.6 Å². The van der Waals surface area contributed by atoms with Crippen LogP contribution in [0.25, 0.3) is 11.3 Å². The molecule has 2 aromatic rings. The van der Waals surface area contributed by atoms with Crippen molar-refractivity contribution in [2.45, 2.75) is 13.3 Å². The maximum absolute atomic E-state index is 12.1. The zero-order chi connectivity index (χ0) is 18.4. The van der Waals surface area contributed by atoms with Gasteiger partial charge in [-0.1, -0.05) is 0 Å². The quantitative estimate of drug-likeness (QED) is 0.745. The Bertz CT molecular complexity index is 711. The van der Waals surface area contributed by atoms with Gasteiger partial charge in [-0.15, -0.1) is 11.3 Å². The van der Waals surface area contributed by atoms with Gasteiger partial charge in [-0.3, -0.25) is 14.6 Å². The maximum Gasteiger partial charge on any atom is 0.225 e. The van der Waals surface area contributed by atoms with E-state index in [1.165, 1.54) is 11.3 Å². The number of nitrogens with zero attached hydrogens (tertiary/aromatic N) is 3. The van der Waals surface area contributed by atoms with Crippen LogP contribution in [0.15, 0.2) is 29.6 Å². The molecule has 0 saturated carbocycles. The first-order valence-electron chi connectivity index (χ1n) is 8.85. The molecule has 0 unspecified atom stereocenters. The van der Waals surface area contributed by atoms with Gasteiger partial charge in [-0.2, -0.15) is 0 Å². The summed E-state index contributed by atoms with van der Waals surface area (Å²) in [6.07, 6.45) is 0.928. The third kappa shape index (κ3) is 4.81. The van der Waals surface area contributed by atoms with Gasteiger partial charge in [-0.05, 0) is 30.7 Å². The van der Waals surface area contributed by atoms with Gasteiger partial charge in [0.1, 0.15) is 5.75 Å². The number of hydrogen-bond acceptors (Lipinski definition) is 6.